The van der Waals surface area contributed by atoms with E-state index in [0.29, 0.717) is 17.9 Å². The van der Waals surface area contributed by atoms with E-state index in [4.69, 9.17) is 13.9 Å². The molecule has 0 spiro atoms. The van der Waals surface area contributed by atoms with Gasteiger partial charge in [-0.1, -0.05) is 54.6 Å². The SMILES string of the molecule is CCOc1cccc2c1OC(c1ccccc1)C([N+](=O)[O-])=C2c1c(O)c2ccccc2oc1=O. The predicted octanol–water partition coefficient (Wildman–Crippen LogP) is 5.07. The second-order valence-corrected chi connectivity index (χ2v) is 7.60. The zero-order valence-corrected chi connectivity index (χ0v) is 18.1. The van der Waals surface area contributed by atoms with E-state index < -0.39 is 22.4 Å². The first-order chi connectivity index (χ1) is 16.5. The molecule has 34 heavy (non-hydrogen) atoms. The van der Waals surface area contributed by atoms with E-state index >= 15 is 0 Å². The number of benzene rings is 3. The third-order valence-electron chi connectivity index (χ3n) is 5.62. The Labute approximate surface area is 193 Å². The summed E-state index contributed by atoms with van der Waals surface area (Å²) in [6.07, 6.45) is -1.16. The van der Waals surface area contributed by atoms with Gasteiger partial charge in [-0.25, -0.2) is 4.79 Å². The lowest BCUT2D eigenvalue weighted by Crippen LogP contribution is -2.25. The van der Waals surface area contributed by atoms with Crippen LogP contribution < -0.4 is 15.1 Å². The molecule has 1 unspecified atom stereocenters. The molecule has 0 amide bonds. The highest BCUT2D eigenvalue weighted by molar-refractivity contribution is 5.95. The van der Waals surface area contributed by atoms with E-state index in [2.05, 4.69) is 0 Å². The number of nitro groups is 1. The maximum absolute atomic E-state index is 13.1. The molecule has 1 aromatic heterocycles. The van der Waals surface area contributed by atoms with Crippen molar-refractivity contribution in [2.45, 2.75) is 13.0 Å². The molecule has 4 aromatic rings. The van der Waals surface area contributed by atoms with E-state index in [1.807, 2.05) is 0 Å². The molecule has 0 bridgehead atoms. The van der Waals surface area contributed by atoms with E-state index in [0.717, 1.165) is 0 Å². The third-order valence-corrected chi connectivity index (χ3v) is 5.62. The second kappa shape index (κ2) is 8.40. The van der Waals surface area contributed by atoms with Gasteiger partial charge >= 0.3 is 5.63 Å². The van der Waals surface area contributed by atoms with Crippen LogP contribution in [0.15, 0.2) is 87.7 Å². The van der Waals surface area contributed by atoms with Crippen LogP contribution in [0.2, 0.25) is 0 Å². The fourth-order valence-electron chi connectivity index (χ4n) is 4.20. The van der Waals surface area contributed by atoms with Crippen LogP contribution in [0.4, 0.5) is 0 Å². The third kappa shape index (κ3) is 3.36. The van der Waals surface area contributed by atoms with Crippen LogP contribution in [-0.4, -0.2) is 16.6 Å². The van der Waals surface area contributed by atoms with Gasteiger partial charge in [-0.3, -0.25) is 10.1 Å². The molecule has 8 heteroatoms. The van der Waals surface area contributed by atoms with Gasteiger partial charge in [0.2, 0.25) is 6.10 Å². The monoisotopic (exact) mass is 457 g/mol. The number of para-hydroxylation sites is 2. The second-order valence-electron chi connectivity index (χ2n) is 7.60. The number of hydrogen-bond donors (Lipinski definition) is 1. The average Bonchev–Trinajstić information content (AvgIpc) is 2.84. The Balaban J connectivity index is 1.91. The van der Waals surface area contributed by atoms with E-state index in [1.165, 1.54) is 0 Å². The summed E-state index contributed by atoms with van der Waals surface area (Å²) in [5.41, 5.74) is -0.719. The summed E-state index contributed by atoms with van der Waals surface area (Å²) in [6, 6.07) is 20.0. The van der Waals surface area contributed by atoms with Crippen molar-refractivity contribution >= 4 is 16.5 Å². The molecule has 1 atom stereocenters. The van der Waals surface area contributed by atoms with Gasteiger partial charge in [-0.05, 0) is 25.1 Å². The standard InChI is InChI=1S/C26H19NO7/c1-2-32-19-14-8-12-17-20(21-23(28)16-11-6-7-13-18(16)33-26(21)29)22(27(30)31)24(34-25(17)19)15-9-4-3-5-10-15/h3-14,24,28H,2H2,1H3. The summed E-state index contributed by atoms with van der Waals surface area (Å²) in [7, 11) is 0. The molecular formula is C26H19NO7. The lowest BCUT2D eigenvalue weighted by molar-refractivity contribution is -0.435. The first kappa shape index (κ1) is 21.3. The Morgan fingerprint density at radius 3 is 2.50 bits per heavy atom. The maximum atomic E-state index is 13.1. The summed E-state index contributed by atoms with van der Waals surface area (Å²) >= 11 is 0. The van der Waals surface area contributed by atoms with Crippen LogP contribution in [0.1, 0.15) is 29.7 Å². The van der Waals surface area contributed by atoms with Gasteiger partial charge in [0.25, 0.3) is 5.70 Å². The zero-order chi connectivity index (χ0) is 23.8. The van der Waals surface area contributed by atoms with E-state index in [9.17, 15) is 20.0 Å². The largest absolute Gasteiger partial charge is 0.506 e. The number of hydrogen-bond acceptors (Lipinski definition) is 7. The van der Waals surface area contributed by atoms with Gasteiger partial charge in [-0.15, -0.1) is 0 Å². The van der Waals surface area contributed by atoms with E-state index in [-0.39, 0.29) is 39.1 Å². The molecule has 0 fully saturated rings. The molecule has 1 aliphatic rings. The molecule has 0 saturated heterocycles. The molecule has 0 radical (unpaired) electrons. The van der Waals surface area contributed by atoms with Crippen LogP contribution in [0.3, 0.4) is 0 Å². The quantitative estimate of drug-likeness (QED) is 0.253. The van der Waals surface area contributed by atoms with Crippen molar-refractivity contribution in [1.82, 2.24) is 0 Å². The van der Waals surface area contributed by atoms with Crippen LogP contribution in [0.5, 0.6) is 17.2 Å². The predicted molar refractivity (Wildman–Crippen MR) is 125 cm³/mol. The van der Waals surface area contributed by atoms with Crippen LogP contribution in [0, 0.1) is 10.1 Å². The Morgan fingerprint density at radius 2 is 1.76 bits per heavy atom. The molecule has 5 rings (SSSR count). The molecule has 0 aliphatic carbocycles. The molecule has 3 aromatic carbocycles. The lowest BCUT2D eigenvalue weighted by atomic mass is 9.89. The van der Waals surface area contributed by atoms with Crippen molar-refractivity contribution in [3.05, 3.63) is 116 Å². The zero-order valence-electron chi connectivity index (χ0n) is 18.1. The summed E-state index contributed by atoms with van der Waals surface area (Å²) in [5.74, 6) is 0.207. The Morgan fingerprint density at radius 1 is 1.03 bits per heavy atom. The summed E-state index contributed by atoms with van der Waals surface area (Å²) in [6.45, 7) is 2.14. The molecule has 8 nitrogen and oxygen atoms in total. The summed E-state index contributed by atoms with van der Waals surface area (Å²) < 4.78 is 17.3. The normalized spacial score (nSPS) is 15.0. The lowest BCUT2D eigenvalue weighted by Gasteiger charge is -2.28. The molecule has 170 valence electrons. The topological polar surface area (TPSA) is 112 Å². The molecule has 1 aliphatic heterocycles. The highest BCUT2D eigenvalue weighted by Crippen LogP contribution is 2.50. The highest BCUT2D eigenvalue weighted by atomic mass is 16.6. The number of ether oxygens (including phenoxy) is 2. The molecule has 0 saturated carbocycles. The minimum absolute atomic E-state index is 0.0707. The average molecular weight is 457 g/mol. The highest BCUT2D eigenvalue weighted by Gasteiger charge is 2.42. The Hall–Kier alpha value is -4.59. The van der Waals surface area contributed by atoms with Crippen molar-refractivity contribution in [2.75, 3.05) is 6.61 Å². The van der Waals surface area contributed by atoms with E-state index in [1.54, 1.807) is 79.7 Å². The Kier molecular flexibility index (Phi) is 5.25. The fourth-order valence-corrected chi connectivity index (χ4v) is 4.20. The fraction of sp³-hybridized carbons (Fsp3) is 0.115. The van der Waals surface area contributed by atoms with Crippen molar-refractivity contribution in [2.24, 2.45) is 0 Å². The first-order valence-corrected chi connectivity index (χ1v) is 10.6. The summed E-state index contributed by atoms with van der Waals surface area (Å²) in [4.78, 5) is 25.0. The van der Waals surface area contributed by atoms with Crippen LogP contribution in [-0.2, 0) is 0 Å². The first-order valence-electron chi connectivity index (χ1n) is 10.6. The number of aromatic hydroxyl groups is 1. The summed E-state index contributed by atoms with van der Waals surface area (Å²) in [5, 5.41) is 23.9. The van der Waals surface area contributed by atoms with Gasteiger partial charge in [-0.2, -0.15) is 0 Å². The maximum Gasteiger partial charge on any atom is 0.348 e. The van der Waals surface area contributed by atoms with Crippen molar-refractivity contribution in [3.8, 4) is 17.2 Å². The number of nitrogens with zero attached hydrogens (tertiary/aromatic N) is 1. The van der Waals surface area contributed by atoms with Gasteiger partial charge in [0.1, 0.15) is 16.9 Å². The van der Waals surface area contributed by atoms with Crippen LogP contribution >= 0.6 is 0 Å². The van der Waals surface area contributed by atoms with Gasteiger partial charge < -0.3 is 19.0 Å². The van der Waals surface area contributed by atoms with Crippen LogP contribution in [0.25, 0.3) is 16.5 Å². The molecule has 1 N–H and O–H groups in total. The Bertz CT molecular complexity index is 1510. The number of rotatable bonds is 5. The van der Waals surface area contributed by atoms with Gasteiger partial charge in [0.05, 0.1) is 22.5 Å². The molecular weight excluding hydrogens is 438 g/mol. The van der Waals surface area contributed by atoms with Crippen molar-refractivity contribution in [3.63, 3.8) is 0 Å². The minimum Gasteiger partial charge on any atom is -0.506 e. The van der Waals surface area contributed by atoms with Gasteiger partial charge in [0, 0.05) is 11.1 Å². The number of fused-ring (bicyclic) bond motifs is 2. The smallest absolute Gasteiger partial charge is 0.348 e. The van der Waals surface area contributed by atoms with Gasteiger partial charge in [0.15, 0.2) is 11.5 Å². The minimum atomic E-state index is -1.16. The molecule has 2 heterocycles. The van der Waals surface area contributed by atoms with Crippen molar-refractivity contribution in [1.29, 1.82) is 0 Å². The van der Waals surface area contributed by atoms with Crippen molar-refractivity contribution < 1.29 is 23.9 Å².